The molecule has 0 unspecified atom stereocenters. The third kappa shape index (κ3) is 13.0. The number of halogens is 2. The van der Waals surface area contributed by atoms with Gasteiger partial charge in [-0.1, -0.05) is 166 Å². The molecule has 0 spiro atoms. The van der Waals surface area contributed by atoms with E-state index < -0.39 is 15.8 Å². The van der Waals surface area contributed by atoms with Crippen molar-refractivity contribution in [2.75, 3.05) is 6.61 Å². The first kappa shape index (κ1) is 47.0. The third-order valence-electron chi connectivity index (χ3n) is 8.34. The molecule has 1 heterocycles. The summed E-state index contributed by atoms with van der Waals surface area (Å²) >= 11 is 0. The molecule has 1 atom stereocenters. The minimum atomic E-state index is -0.636. The van der Waals surface area contributed by atoms with E-state index in [1.807, 2.05) is 30.3 Å². The number of aliphatic imine (C=N–C) groups is 1. The van der Waals surface area contributed by atoms with Crippen molar-refractivity contribution in [2.24, 2.45) is 10.9 Å². The maximum Gasteiger partial charge on any atom is 2.00 e. The summed E-state index contributed by atoms with van der Waals surface area (Å²) in [6.45, 7) is 5.09. The van der Waals surface area contributed by atoms with Crippen LogP contribution < -0.4 is 56.6 Å². The largest absolute Gasteiger partial charge is 2.00 e. The summed E-state index contributed by atoms with van der Waals surface area (Å²) in [7, 11) is -1.08. The molecule has 7 aromatic rings. The van der Waals surface area contributed by atoms with Crippen LogP contribution in [0.1, 0.15) is 19.4 Å². The summed E-state index contributed by atoms with van der Waals surface area (Å²) in [6.07, 6.45) is 0. The monoisotopic (exact) mass is 915 g/mol. The van der Waals surface area contributed by atoms with E-state index >= 15 is 0 Å². The molecule has 0 fully saturated rings. The normalized spacial score (nSPS) is 12.5. The van der Waals surface area contributed by atoms with Gasteiger partial charge in [-0.3, -0.25) is 4.99 Å². The molecular formula is C46H43Cl2FeNOP2Ru. The van der Waals surface area contributed by atoms with E-state index in [4.69, 9.17) is 9.73 Å². The maximum absolute atomic E-state index is 5.99. The molecule has 8 heteroatoms. The van der Waals surface area contributed by atoms with Crippen LogP contribution in [0.15, 0.2) is 205 Å². The molecule has 7 aromatic carbocycles. The molecule has 8 rings (SSSR count). The summed E-state index contributed by atoms with van der Waals surface area (Å²) in [5.74, 6) is 1.30. The Labute approximate surface area is 360 Å². The Morgan fingerprint density at radius 2 is 0.907 bits per heavy atom. The van der Waals surface area contributed by atoms with Crippen LogP contribution in [0.25, 0.3) is 0 Å². The molecular weight excluding hydrogens is 872 g/mol. The molecule has 0 saturated carbocycles. The summed E-state index contributed by atoms with van der Waals surface area (Å²) in [6, 6.07) is 70.6. The smallest absolute Gasteiger partial charge is 1.00 e. The minimum absolute atomic E-state index is 0. The van der Waals surface area contributed by atoms with Gasteiger partial charge in [-0.15, -0.1) is 10.9 Å². The first-order valence-corrected chi connectivity index (χ1v) is 19.9. The molecule has 1 aliphatic heterocycles. The van der Waals surface area contributed by atoms with Crippen molar-refractivity contribution in [2.45, 2.75) is 19.9 Å². The molecule has 278 valence electrons. The summed E-state index contributed by atoms with van der Waals surface area (Å²) in [5.41, 5.74) is 1.15. The van der Waals surface area contributed by atoms with E-state index in [2.05, 4.69) is 184 Å². The Hall–Kier alpha value is -3.15. The van der Waals surface area contributed by atoms with Crippen molar-refractivity contribution < 1.29 is 66.1 Å². The van der Waals surface area contributed by atoms with Gasteiger partial charge in [0, 0.05) is 0 Å². The zero-order valence-electron chi connectivity index (χ0n) is 30.1. The van der Waals surface area contributed by atoms with E-state index in [1.165, 1.54) is 31.8 Å². The van der Waals surface area contributed by atoms with Crippen molar-refractivity contribution in [1.29, 1.82) is 0 Å². The Bertz CT molecular complexity index is 1850. The SMILES string of the molecule is CC(C)[C@H]1COC(c2cc[cH-]c2P(c2ccccc2)c2ccccc2)=N1.[Cl-].[Cl-].[Fe+2].[Ru+2].c1cc[cH-]c1.c1ccc(P(c2ccccc2)c2ccccc2)cc1. The van der Waals surface area contributed by atoms with Gasteiger partial charge in [0.15, 0.2) is 0 Å². The predicted octanol–water partition coefficient (Wildman–Crippen LogP) is 2.82. The van der Waals surface area contributed by atoms with Crippen LogP contribution in [0.3, 0.4) is 0 Å². The van der Waals surface area contributed by atoms with Crippen LogP contribution in [0.4, 0.5) is 0 Å². The summed E-state index contributed by atoms with van der Waals surface area (Å²) < 4.78 is 5.99. The molecule has 0 saturated heterocycles. The average Bonchev–Trinajstić information content (AvgIpc) is 4.00. The van der Waals surface area contributed by atoms with Crippen molar-refractivity contribution in [3.8, 4) is 0 Å². The van der Waals surface area contributed by atoms with Gasteiger partial charge in [0.05, 0.1) is 6.04 Å². The van der Waals surface area contributed by atoms with Gasteiger partial charge in [0.2, 0.25) is 0 Å². The maximum atomic E-state index is 5.99. The van der Waals surface area contributed by atoms with Crippen molar-refractivity contribution >= 4 is 53.6 Å². The summed E-state index contributed by atoms with van der Waals surface area (Å²) in [4.78, 5) is 4.87. The van der Waals surface area contributed by atoms with Crippen molar-refractivity contribution in [3.63, 3.8) is 0 Å². The molecule has 1 aliphatic rings. The van der Waals surface area contributed by atoms with Crippen LogP contribution in [0, 0.1) is 5.92 Å². The Balaban J connectivity index is 0.000000319. The molecule has 0 aromatic heterocycles. The second kappa shape index (κ2) is 25.1. The average molecular weight is 916 g/mol. The molecule has 54 heavy (non-hydrogen) atoms. The van der Waals surface area contributed by atoms with Crippen molar-refractivity contribution in [3.05, 3.63) is 206 Å². The number of nitrogens with zero attached hydrogens (tertiary/aromatic N) is 1. The second-order valence-corrected chi connectivity index (χ2v) is 16.6. The van der Waals surface area contributed by atoms with Crippen LogP contribution in [0.2, 0.25) is 0 Å². The van der Waals surface area contributed by atoms with Crippen LogP contribution in [-0.4, -0.2) is 18.5 Å². The van der Waals surface area contributed by atoms with Gasteiger partial charge in [-0.25, -0.2) is 18.2 Å². The van der Waals surface area contributed by atoms with Crippen molar-refractivity contribution in [1.82, 2.24) is 0 Å². The fraction of sp³-hybridized carbons (Fsp3) is 0.109. The number of ether oxygens (including phenoxy) is 1. The molecule has 0 bridgehead atoms. The van der Waals surface area contributed by atoms with E-state index in [9.17, 15) is 0 Å². The first-order valence-electron chi connectivity index (χ1n) is 17.2. The van der Waals surface area contributed by atoms with E-state index in [-0.39, 0.29) is 67.4 Å². The third-order valence-corrected chi connectivity index (χ3v) is 13.3. The fourth-order valence-corrected chi connectivity index (χ4v) is 10.5. The summed E-state index contributed by atoms with van der Waals surface area (Å²) in [5, 5.41) is 8.21. The predicted molar refractivity (Wildman–Crippen MR) is 219 cm³/mol. The van der Waals surface area contributed by atoms with Gasteiger partial charge >= 0.3 is 36.5 Å². The Morgan fingerprint density at radius 1 is 0.537 bits per heavy atom. The van der Waals surface area contributed by atoms with Crippen LogP contribution in [-0.2, 0) is 41.3 Å². The van der Waals surface area contributed by atoms with Crippen LogP contribution >= 0.6 is 15.8 Å². The molecule has 0 aliphatic carbocycles. The zero-order chi connectivity index (χ0) is 34.4. The van der Waals surface area contributed by atoms with Gasteiger partial charge < -0.3 is 29.6 Å². The number of benzene rings is 5. The van der Waals surface area contributed by atoms with E-state index in [0.717, 1.165) is 11.5 Å². The minimum Gasteiger partial charge on any atom is -1.00 e. The topological polar surface area (TPSA) is 21.6 Å². The van der Waals surface area contributed by atoms with E-state index in [0.29, 0.717) is 12.5 Å². The second-order valence-electron chi connectivity index (χ2n) is 12.2. The number of hydrogen-bond donors (Lipinski definition) is 0. The first-order chi connectivity index (χ1) is 24.7. The number of hydrogen-bond acceptors (Lipinski definition) is 2. The molecule has 0 radical (unpaired) electrons. The fourth-order valence-electron chi connectivity index (χ4n) is 5.75. The van der Waals surface area contributed by atoms with Gasteiger partial charge in [0.25, 0.3) is 0 Å². The molecule has 0 amide bonds. The quantitative estimate of drug-likeness (QED) is 0.131. The molecule has 0 N–H and O–H groups in total. The van der Waals surface area contributed by atoms with Gasteiger partial charge in [-0.05, 0) is 48.3 Å². The van der Waals surface area contributed by atoms with Gasteiger partial charge in [-0.2, -0.15) is 30.3 Å². The Morgan fingerprint density at radius 3 is 1.22 bits per heavy atom. The Kier molecular flexibility index (Phi) is 21.8. The van der Waals surface area contributed by atoms with E-state index in [1.54, 1.807) is 0 Å². The molecule has 2 nitrogen and oxygen atoms in total. The standard InChI is InChI=1S/C23H23NOP.C18H15P.C5H5.2ClH.Fe.Ru/c1-17(2)21-16-25-23(24-21)20-14-9-15-22(20)26(18-10-5-3-6-11-18)19-12-7-4-8-13-19;1-4-10-16(11-5-1)19(17-12-6-2-7-13-17)18-14-8-3-9-15-18;1-2-4-5-3-1;;;;/h3-15,17,21H,16H2,1-2H3;1-15H;1-5H;2*1H;;/q-1;;-1;;;2*+2/p-2/t21-;;;;;;/m1....../s1. The van der Waals surface area contributed by atoms with Gasteiger partial charge in [0.1, 0.15) is 12.5 Å². The number of rotatable bonds is 8. The zero-order valence-corrected chi connectivity index (χ0v) is 36.3. The van der Waals surface area contributed by atoms with Crippen LogP contribution in [0.5, 0.6) is 0 Å².